The van der Waals surface area contributed by atoms with E-state index in [0.717, 1.165) is 21.9 Å². The largest absolute Gasteiger partial charge is 0.436 e. The number of benzene rings is 1. The van der Waals surface area contributed by atoms with Gasteiger partial charge < -0.3 is 9.52 Å². The van der Waals surface area contributed by atoms with Gasteiger partial charge in [-0.05, 0) is 43.3 Å². The fourth-order valence-electron chi connectivity index (χ4n) is 1.25. The molecule has 2 rings (SSSR count). The average molecular weight is 235 g/mol. The molecule has 0 amide bonds. The number of aliphatic hydroxyl groups excluding tert-OH is 1. The van der Waals surface area contributed by atoms with Gasteiger partial charge in [-0.15, -0.1) is 0 Å². The Kier molecular flexibility index (Phi) is 3.31. The number of aliphatic hydroxyl groups is 1. The Morgan fingerprint density at radius 1 is 1.25 bits per heavy atom. The van der Waals surface area contributed by atoms with Crippen LogP contribution < -0.4 is 0 Å². The number of hydrogen-bond donors (Lipinski definition) is 1. The molecule has 0 aliphatic rings. The first-order valence-corrected chi connectivity index (χ1v) is 5.82. The highest BCUT2D eigenvalue weighted by Crippen LogP contribution is 2.28. The van der Waals surface area contributed by atoms with Gasteiger partial charge in [-0.25, -0.2) is 4.98 Å². The SMILES string of the molecule is Cc1nc(Sc2ccc(CO)cc2)oc1C. The third-order valence-corrected chi connectivity index (χ3v) is 3.18. The summed E-state index contributed by atoms with van der Waals surface area (Å²) in [5, 5.41) is 9.58. The van der Waals surface area contributed by atoms with E-state index in [1.54, 1.807) is 0 Å². The van der Waals surface area contributed by atoms with E-state index in [9.17, 15) is 0 Å². The molecular weight excluding hydrogens is 222 g/mol. The highest BCUT2D eigenvalue weighted by atomic mass is 32.2. The fourth-order valence-corrected chi connectivity index (χ4v) is 2.07. The first-order chi connectivity index (χ1) is 7.69. The molecule has 0 fully saturated rings. The lowest BCUT2D eigenvalue weighted by Crippen LogP contribution is -1.81. The molecule has 2 aromatic rings. The van der Waals surface area contributed by atoms with Crippen molar-refractivity contribution in [3.63, 3.8) is 0 Å². The summed E-state index contributed by atoms with van der Waals surface area (Å²) >= 11 is 1.48. The minimum Gasteiger partial charge on any atom is -0.436 e. The van der Waals surface area contributed by atoms with Crippen molar-refractivity contribution in [2.24, 2.45) is 0 Å². The fraction of sp³-hybridized carbons (Fsp3) is 0.250. The van der Waals surface area contributed by atoms with Crippen LogP contribution in [0.3, 0.4) is 0 Å². The van der Waals surface area contributed by atoms with Gasteiger partial charge in [-0.1, -0.05) is 12.1 Å². The number of oxazole rings is 1. The summed E-state index contributed by atoms with van der Waals surface area (Å²) in [6.45, 7) is 3.90. The molecule has 0 aliphatic heterocycles. The van der Waals surface area contributed by atoms with Crippen molar-refractivity contribution in [1.82, 2.24) is 4.98 Å². The molecule has 16 heavy (non-hydrogen) atoms. The maximum Gasteiger partial charge on any atom is 0.260 e. The van der Waals surface area contributed by atoms with Crippen molar-refractivity contribution < 1.29 is 9.52 Å². The summed E-state index contributed by atoms with van der Waals surface area (Å²) in [5.74, 6) is 0.856. The quantitative estimate of drug-likeness (QED) is 0.888. The number of aromatic nitrogens is 1. The van der Waals surface area contributed by atoms with Crippen molar-refractivity contribution in [3.8, 4) is 0 Å². The molecule has 0 unspecified atom stereocenters. The lowest BCUT2D eigenvalue weighted by molar-refractivity contribution is 0.282. The molecule has 1 heterocycles. The molecular formula is C12H13NO2S. The molecule has 4 heteroatoms. The number of aryl methyl sites for hydroxylation is 2. The number of hydrogen-bond acceptors (Lipinski definition) is 4. The minimum absolute atomic E-state index is 0.0716. The van der Waals surface area contributed by atoms with E-state index < -0.39 is 0 Å². The van der Waals surface area contributed by atoms with Crippen molar-refractivity contribution in [2.45, 2.75) is 30.6 Å². The third kappa shape index (κ3) is 2.46. The van der Waals surface area contributed by atoms with Crippen LogP contribution in [0.15, 0.2) is 38.8 Å². The predicted octanol–water partition coefficient (Wildman–Crippen LogP) is 2.93. The second-order valence-electron chi connectivity index (χ2n) is 3.53. The maximum atomic E-state index is 8.92. The average Bonchev–Trinajstić information content (AvgIpc) is 2.59. The van der Waals surface area contributed by atoms with E-state index in [4.69, 9.17) is 9.52 Å². The summed E-state index contributed by atoms with van der Waals surface area (Å²) in [5.41, 5.74) is 1.83. The molecule has 0 radical (unpaired) electrons. The van der Waals surface area contributed by atoms with Crippen molar-refractivity contribution in [2.75, 3.05) is 0 Å². The molecule has 0 bridgehead atoms. The Balaban J connectivity index is 2.14. The second-order valence-corrected chi connectivity index (χ2v) is 4.55. The van der Waals surface area contributed by atoms with Crippen molar-refractivity contribution in [3.05, 3.63) is 41.3 Å². The molecule has 1 N–H and O–H groups in total. The van der Waals surface area contributed by atoms with E-state index in [2.05, 4.69) is 4.98 Å². The second kappa shape index (κ2) is 4.72. The van der Waals surface area contributed by atoms with Gasteiger partial charge in [0.05, 0.1) is 12.3 Å². The van der Waals surface area contributed by atoms with Crippen LogP contribution in [0.1, 0.15) is 17.0 Å². The Bertz CT molecular complexity index is 457. The van der Waals surface area contributed by atoms with Gasteiger partial charge in [-0.3, -0.25) is 0 Å². The highest BCUT2D eigenvalue weighted by molar-refractivity contribution is 7.99. The molecule has 0 spiro atoms. The van der Waals surface area contributed by atoms with Gasteiger partial charge in [0, 0.05) is 4.90 Å². The Morgan fingerprint density at radius 2 is 1.94 bits per heavy atom. The monoisotopic (exact) mass is 235 g/mol. The smallest absolute Gasteiger partial charge is 0.260 e. The van der Waals surface area contributed by atoms with Gasteiger partial charge in [0.2, 0.25) is 0 Å². The van der Waals surface area contributed by atoms with E-state index in [-0.39, 0.29) is 6.61 Å². The number of rotatable bonds is 3. The van der Waals surface area contributed by atoms with Gasteiger partial charge in [0.25, 0.3) is 5.22 Å². The van der Waals surface area contributed by atoms with E-state index >= 15 is 0 Å². The van der Waals surface area contributed by atoms with Crippen molar-refractivity contribution in [1.29, 1.82) is 0 Å². The van der Waals surface area contributed by atoms with Crippen LogP contribution in [0, 0.1) is 13.8 Å². The van der Waals surface area contributed by atoms with Crippen LogP contribution >= 0.6 is 11.8 Å². The van der Waals surface area contributed by atoms with Gasteiger partial charge in [0.1, 0.15) is 5.76 Å². The van der Waals surface area contributed by atoms with Gasteiger partial charge >= 0.3 is 0 Å². The summed E-state index contributed by atoms with van der Waals surface area (Å²) in [7, 11) is 0. The Hall–Kier alpha value is -1.26. The van der Waals surface area contributed by atoms with Gasteiger partial charge in [0.15, 0.2) is 0 Å². The summed E-state index contributed by atoms with van der Waals surface area (Å²) in [6, 6.07) is 7.69. The summed E-state index contributed by atoms with van der Waals surface area (Å²) in [4.78, 5) is 5.35. The molecule has 1 aromatic heterocycles. The molecule has 0 aliphatic carbocycles. The highest BCUT2D eigenvalue weighted by Gasteiger charge is 2.07. The zero-order chi connectivity index (χ0) is 11.5. The standard InChI is InChI=1S/C12H13NO2S/c1-8-9(2)15-12(13-8)16-11-5-3-10(7-14)4-6-11/h3-6,14H,7H2,1-2H3. The zero-order valence-electron chi connectivity index (χ0n) is 9.23. The molecule has 0 saturated heterocycles. The van der Waals surface area contributed by atoms with Crippen molar-refractivity contribution >= 4 is 11.8 Å². The molecule has 0 saturated carbocycles. The molecule has 3 nitrogen and oxygen atoms in total. The van der Waals surface area contributed by atoms with Crippen LogP contribution in [0.5, 0.6) is 0 Å². The van der Waals surface area contributed by atoms with Gasteiger partial charge in [-0.2, -0.15) is 0 Å². The van der Waals surface area contributed by atoms with Crippen LogP contribution in [0.4, 0.5) is 0 Å². The Morgan fingerprint density at radius 3 is 2.44 bits per heavy atom. The van der Waals surface area contributed by atoms with E-state index in [0.29, 0.717) is 5.22 Å². The maximum absolute atomic E-state index is 8.92. The minimum atomic E-state index is 0.0716. The lowest BCUT2D eigenvalue weighted by atomic mass is 10.2. The van der Waals surface area contributed by atoms with E-state index in [1.807, 2.05) is 38.1 Å². The summed E-state index contributed by atoms with van der Waals surface area (Å²) in [6.07, 6.45) is 0. The Labute approximate surface area is 98.5 Å². The summed E-state index contributed by atoms with van der Waals surface area (Å²) < 4.78 is 5.48. The first kappa shape index (κ1) is 11.2. The zero-order valence-corrected chi connectivity index (χ0v) is 10.0. The van der Waals surface area contributed by atoms with Crippen LogP contribution in [0.25, 0.3) is 0 Å². The first-order valence-electron chi connectivity index (χ1n) is 5.00. The third-order valence-electron chi connectivity index (χ3n) is 2.32. The molecule has 84 valence electrons. The van der Waals surface area contributed by atoms with Crippen LogP contribution in [-0.4, -0.2) is 10.1 Å². The normalized spacial score (nSPS) is 10.7. The topological polar surface area (TPSA) is 46.3 Å². The number of nitrogens with zero attached hydrogens (tertiary/aromatic N) is 1. The van der Waals surface area contributed by atoms with Crippen LogP contribution in [-0.2, 0) is 6.61 Å². The molecule has 0 atom stereocenters. The lowest BCUT2D eigenvalue weighted by Gasteiger charge is -1.98. The predicted molar refractivity (Wildman–Crippen MR) is 62.5 cm³/mol. The molecule has 1 aromatic carbocycles. The van der Waals surface area contributed by atoms with E-state index in [1.165, 1.54) is 11.8 Å². The van der Waals surface area contributed by atoms with Crippen LogP contribution in [0.2, 0.25) is 0 Å².